The Morgan fingerprint density at radius 2 is 1.54 bits per heavy atom. The summed E-state index contributed by atoms with van der Waals surface area (Å²) in [4.78, 5) is 42.9. The smallest absolute Gasteiger partial charge is 0.338 e. The van der Waals surface area contributed by atoms with E-state index in [0.717, 1.165) is 12.1 Å². The fraction of sp³-hybridized carbons (Fsp3) is 0.238. The van der Waals surface area contributed by atoms with E-state index in [0.29, 0.717) is 5.56 Å². The molecular weight excluding hydrogens is 504 g/mol. The molecular formula is C21H22N2O14. The lowest BCUT2D eigenvalue weighted by atomic mass is 10.0. The van der Waals surface area contributed by atoms with Gasteiger partial charge in [-0.3, -0.25) is 20.2 Å². The first-order valence-corrected chi connectivity index (χ1v) is 9.85. The molecule has 4 N–H and O–H groups in total. The average Bonchev–Trinajstić information content (AvgIpc) is 3.25. The van der Waals surface area contributed by atoms with Gasteiger partial charge in [0.2, 0.25) is 12.0 Å². The zero-order valence-corrected chi connectivity index (χ0v) is 19.4. The Labute approximate surface area is 207 Å². The van der Waals surface area contributed by atoms with Crippen LogP contribution in [0.1, 0.15) is 31.8 Å². The van der Waals surface area contributed by atoms with Crippen molar-refractivity contribution in [1.29, 1.82) is 0 Å². The number of fused-ring (bicyclic) bond motifs is 1. The van der Waals surface area contributed by atoms with Crippen molar-refractivity contribution in [1.82, 2.24) is 0 Å². The van der Waals surface area contributed by atoms with Gasteiger partial charge in [-0.15, -0.1) is 6.58 Å². The predicted octanol–water partition coefficient (Wildman–Crippen LogP) is 2.40. The summed E-state index contributed by atoms with van der Waals surface area (Å²) < 4.78 is 14.0. The molecule has 1 aliphatic rings. The minimum atomic E-state index is -1.17. The van der Waals surface area contributed by atoms with E-state index in [2.05, 4.69) is 21.1 Å². The highest BCUT2D eigenvalue weighted by Crippen LogP contribution is 2.39. The van der Waals surface area contributed by atoms with Crippen LogP contribution in [0.15, 0.2) is 36.9 Å². The number of aliphatic hydroxyl groups excluding tert-OH is 1. The third-order valence-electron chi connectivity index (χ3n) is 4.69. The molecule has 2 aromatic rings. The number of hydrogen-bond acceptors (Lipinski definition) is 14. The van der Waals surface area contributed by atoms with E-state index >= 15 is 0 Å². The summed E-state index contributed by atoms with van der Waals surface area (Å²) in [5.41, 5.74) is -0.0153. The fourth-order valence-corrected chi connectivity index (χ4v) is 3.17. The number of nitrogens with zero attached hydrogens (tertiary/aromatic N) is 2. The Bertz CT molecular complexity index is 1180. The van der Waals surface area contributed by atoms with Crippen LogP contribution in [0.2, 0.25) is 0 Å². The van der Waals surface area contributed by atoms with E-state index < -0.39 is 39.5 Å². The molecule has 0 bridgehead atoms. The molecule has 3 rings (SSSR count). The van der Waals surface area contributed by atoms with Crippen LogP contribution in [0.4, 0.5) is 11.4 Å². The summed E-state index contributed by atoms with van der Waals surface area (Å²) in [7, 11) is 2.40. The average molecular weight is 526 g/mol. The number of nitro groups is 2. The molecule has 16 heteroatoms. The second-order valence-corrected chi connectivity index (χ2v) is 6.75. The number of aromatic hydroxyl groups is 1. The van der Waals surface area contributed by atoms with Gasteiger partial charge in [0.25, 0.3) is 0 Å². The lowest BCUT2D eigenvalue weighted by molar-refractivity contribution is -0.465. The first-order chi connectivity index (χ1) is 17.5. The van der Waals surface area contributed by atoms with E-state index in [1.807, 2.05) is 0 Å². The molecule has 0 saturated heterocycles. The molecule has 1 heterocycles. The molecule has 37 heavy (non-hydrogen) atoms. The molecule has 0 fully saturated rings. The lowest BCUT2D eigenvalue weighted by Crippen LogP contribution is -2.11. The van der Waals surface area contributed by atoms with E-state index in [1.54, 1.807) is 0 Å². The monoisotopic (exact) mass is 526 g/mol. The molecule has 0 saturated carbocycles. The van der Waals surface area contributed by atoms with E-state index in [-0.39, 0.29) is 41.0 Å². The topological polar surface area (TPSA) is 238 Å². The zero-order valence-electron chi connectivity index (χ0n) is 19.4. The van der Waals surface area contributed by atoms with Gasteiger partial charge in [0.05, 0.1) is 35.2 Å². The second-order valence-electron chi connectivity index (χ2n) is 6.75. The normalized spacial score (nSPS) is 12.8. The van der Waals surface area contributed by atoms with Crippen LogP contribution < -0.4 is 4.74 Å². The molecule has 16 nitrogen and oxygen atoms in total. The van der Waals surface area contributed by atoms with Crippen molar-refractivity contribution in [3.05, 3.63) is 79.4 Å². The van der Waals surface area contributed by atoms with Crippen molar-refractivity contribution in [2.45, 2.75) is 19.1 Å². The summed E-state index contributed by atoms with van der Waals surface area (Å²) in [5.74, 6) is -1.87. The van der Waals surface area contributed by atoms with Crippen LogP contribution in [0.5, 0.6) is 11.5 Å². The van der Waals surface area contributed by atoms with Crippen LogP contribution >= 0.6 is 0 Å². The molecule has 0 amide bonds. The van der Waals surface area contributed by atoms with Crippen LogP contribution in [-0.2, 0) is 27.4 Å². The highest BCUT2D eigenvalue weighted by molar-refractivity contribution is 5.93. The van der Waals surface area contributed by atoms with E-state index in [1.165, 1.54) is 32.4 Å². The predicted molar refractivity (Wildman–Crippen MR) is 121 cm³/mol. The molecule has 0 radical (unpaired) electrons. The SMILES string of the molecule is C=CCc1c(C(=O)OC)ccc([N+](=O)[O-])c1O.COC(=O)c1ccc([N+](=O)[O-])c2c1CC(O)O2.OOO. The van der Waals surface area contributed by atoms with Gasteiger partial charge in [-0.05, 0) is 18.6 Å². The maximum atomic E-state index is 11.4. The first-order valence-electron chi connectivity index (χ1n) is 9.85. The Balaban J connectivity index is 0.000000335. The number of benzene rings is 2. The largest absolute Gasteiger partial charge is 0.502 e. The summed E-state index contributed by atoms with van der Waals surface area (Å²) >= 11 is 0. The number of esters is 2. The van der Waals surface area contributed by atoms with Gasteiger partial charge < -0.3 is 24.4 Å². The third-order valence-corrected chi connectivity index (χ3v) is 4.69. The highest BCUT2D eigenvalue weighted by atomic mass is 17.4. The Hall–Kier alpha value is -4.64. The summed E-state index contributed by atoms with van der Waals surface area (Å²) in [6.45, 7) is 3.46. The van der Waals surface area contributed by atoms with Gasteiger partial charge in [-0.25, -0.2) is 20.1 Å². The Kier molecular flexibility index (Phi) is 11.5. The van der Waals surface area contributed by atoms with Crippen LogP contribution in [0.25, 0.3) is 0 Å². The van der Waals surface area contributed by atoms with E-state index in [9.17, 15) is 40.0 Å². The van der Waals surface area contributed by atoms with Crippen LogP contribution in [0, 0.1) is 20.2 Å². The third kappa shape index (κ3) is 7.42. The molecule has 0 aromatic heterocycles. The molecule has 1 aliphatic heterocycles. The summed E-state index contributed by atoms with van der Waals surface area (Å²) in [6, 6.07) is 4.77. The molecule has 200 valence electrons. The van der Waals surface area contributed by atoms with Crippen molar-refractivity contribution in [3.8, 4) is 11.5 Å². The number of aliphatic hydroxyl groups is 1. The maximum absolute atomic E-state index is 11.4. The van der Waals surface area contributed by atoms with E-state index in [4.69, 9.17) is 15.3 Å². The maximum Gasteiger partial charge on any atom is 0.338 e. The minimum Gasteiger partial charge on any atom is -0.502 e. The number of allylic oxidation sites excluding steroid dienone is 1. The molecule has 2 aromatic carbocycles. The standard InChI is InChI=1S/C11H11NO5.C10H9NO6.H2O3/c1-3-4-7-8(11(14)17-2)5-6-9(10(7)13)12(15)16;1-16-10(13)5-2-3-7(11(14)15)9-6(5)4-8(12)17-9;1-3-2/h3,5-6,13H,1,4H2,2H3;2-3,8,12H,4H2,1H3;1-2H. The van der Waals surface area contributed by atoms with Crippen molar-refractivity contribution in [2.75, 3.05) is 14.2 Å². The van der Waals surface area contributed by atoms with Crippen molar-refractivity contribution in [2.24, 2.45) is 0 Å². The number of phenols is 1. The van der Waals surface area contributed by atoms with Gasteiger partial charge in [-0.2, -0.15) is 0 Å². The fourth-order valence-electron chi connectivity index (χ4n) is 3.17. The molecule has 0 spiro atoms. The number of nitro benzene ring substituents is 2. The quantitative estimate of drug-likeness (QED) is 0.139. The lowest BCUT2D eigenvalue weighted by Gasteiger charge is -2.08. The number of methoxy groups -OCH3 is 2. The number of carbonyl (C=O) groups excluding carboxylic acids is 2. The minimum absolute atomic E-state index is 0.0292. The first kappa shape index (κ1) is 30.4. The number of phenolic OH excluding ortho intramolecular Hbond substituents is 1. The molecule has 1 atom stereocenters. The van der Waals surface area contributed by atoms with Gasteiger partial charge >= 0.3 is 23.3 Å². The van der Waals surface area contributed by atoms with Crippen molar-refractivity contribution in [3.63, 3.8) is 0 Å². The Morgan fingerprint density at radius 1 is 1.05 bits per heavy atom. The molecule has 0 aliphatic carbocycles. The van der Waals surface area contributed by atoms with Crippen molar-refractivity contribution < 1.29 is 59.4 Å². The van der Waals surface area contributed by atoms with Crippen LogP contribution in [0.3, 0.4) is 0 Å². The van der Waals surface area contributed by atoms with Gasteiger partial charge in [0, 0.05) is 29.7 Å². The van der Waals surface area contributed by atoms with Crippen molar-refractivity contribution >= 4 is 23.3 Å². The number of rotatable bonds is 6. The Morgan fingerprint density at radius 3 is 2.03 bits per heavy atom. The van der Waals surface area contributed by atoms with Gasteiger partial charge in [0.1, 0.15) is 0 Å². The second kappa shape index (κ2) is 14.0. The zero-order chi connectivity index (χ0) is 28.3. The van der Waals surface area contributed by atoms with Gasteiger partial charge in [-0.1, -0.05) is 11.1 Å². The number of ether oxygens (including phenoxy) is 3. The van der Waals surface area contributed by atoms with Gasteiger partial charge in [0.15, 0.2) is 5.75 Å². The number of hydrogen-bond donors (Lipinski definition) is 4. The summed E-state index contributed by atoms with van der Waals surface area (Å²) in [6.07, 6.45) is 0.430. The highest BCUT2D eigenvalue weighted by Gasteiger charge is 2.33. The number of carbonyl (C=O) groups is 2. The molecule has 1 unspecified atom stereocenters. The van der Waals surface area contributed by atoms with Crippen LogP contribution in [-0.4, -0.2) is 63.0 Å². The summed E-state index contributed by atoms with van der Waals surface area (Å²) in [5, 5.41) is 55.9.